The number of alkyl carbamates (subject to hydrolysis) is 1. The Labute approximate surface area is 72.5 Å². The van der Waals surface area contributed by atoms with Crippen molar-refractivity contribution >= 4 is 6.09 Å². The number of nitriles is 1. The molecule has 1 amide bonds. The van der Waals surface area contributed by atoms with E-state index in [2.05, 4.69) is 16.0 Å². The Kier molecular flexibility index (Phi) is 13.0. The summed E-state index contributed by atoms with van der Waals surface area (Å²) in [6.07, 6.45) is 4.39. The van der Waals surface area contributed by atoms with Crippen molar-refractivity contribution in [3.63, 3.8) is 0 Å². The van der Waals surface area contributed by atoms with Gasteiger partial charge in [-0.15, -0.1) is 6.42 Å². The van der Waals surface area contributed by atoms with Crippen LogP contribution in [0.4, 0.5) is 4.79 Å². The summed E-state index contributed by atoms with van der Waals surface area (Å²) < 4.78 is 4.50. The van der Waals surface area contributed by atoms with E-state index in [1.165, 1.54) is 6.92 Å². The second kappa shape index (κ2) is 12.0. The molecule has 4 nitrogen and oxygen atoms in total. The molecule has 0 saturated carbocycles. The second-order valence-corrected chi connectivity index (χ2v) is 1.50. The molecule has 0 spiro atoms. The molecule has 0 bridgehead atoms. The average molecular weight is 168 g/mol. The summed E-state index contributed by atoms with van der Waals surface area (Å²) in [7, 11) is 0. The Hall–Kier alpha value is -1.68. The summed E-state index contributed by atoms with van der Waals surface area (Å²) in [5, 5.41) is 9.66. The zero-order chi connectivity index (χ0) is 9.82. The van der Waals surface area contributed by atoms with E-state index < -0.39 is 6.09 Å². The van der Waals surface area contributed by atoms with E-state index >= 15 is 0 Å². The van der Waals surface area contributed by atoms with Crippen molar-refractivity contribution in [3.8, 4) is 18.4 Å². The van der Waals surface area contributed by atoms with Gasteiger partial charge in [0.05, 0.1) is 19.2 Å². The summed E-state index contributed by atoms with van der Waals surface area (Å²) in [5.74, 6) is 2.25. The number of hydrogen-bond donors (Lipinski definition) is 1. The van der Waals surface area contributed by atoms with Crippen molar-refractivity contribution in [2.45, 2.75) is 13.8 Å². The molecular weight excluding hydrogens is 156 g/mol. The Morgan fingerprint density at radius 3 is 2.58 bits per heavy atom. The Balaban J connectivity index is 0. The summed E-state index contributed by atoms with van der Waals surface area (Å²) in [5.41, 5.74) is 0. The Bertz CT molecular complexity index is 188. The average Bonchev–Trinajstić information content (AvgIpc) is 2.03. The summed E-state index contributed by atoms with van der Waals surface area (Å²) in [6, 6.07) is 1.75. The van der Waals surface area contributed by atoms with Crippen molar-refractivity contribution < 1.29 is 9.53 Å². The third-order valence-corrected chi connectivity index (χ3v) is 0.610. The molecule has 0 atom stereocenters. The van der Waals surface area contributed by atoms with Gasteiger partial charge in [-0.1, -0.05) is 5.92 Å². The van der Waals surface area contributed by atoms with Gasteiger partial charge in [0.2, 0.25) is 0 Å². The quantitative estimate of drug-likeness (QED) is 0.623. The third kappa shape index (κ3) is 15.8. The first-order valence-electron chi connectivity index (χ1n) is 3.37. The van der Waals surface area contributed by atoms with Crippen LogP contribution in [0.2, 0.25) is 0 Å². The minimum Gasteiger partial charge on any atom is -0.450 e. The summed E-state index contributed by atoms with van der Waals surface area (Å²) in [4.78, 5) is 10.4. The molecule has 0 aromatic carbocycles. The third-order valence-electron chi connectivity index (χ3n) is 0.610. The van der Waals surface area contributed by atoms with E-state index in [1.54, 1.807) is 13.0 Å². The highest BCUT2D eigenvalue weighted by molar-refractivity contribution is 5.67. The zero-order valence-electron chi connectivity index (χ0n) is 7.26. The van der Waals surface area contributed by atoms with Crippen molar-refractivity contribution in [3.05, 3.63) is 0 Å². The minimum absolute atomic E-state index is 0.221. The fourth-order valence-electron chi connectivity index (χ4n) is 0.305. The van der Waals surface area contributed by atoms with Crippen LogP contribution in [0.25, 0.3) is 0 Å². The first-order valence-corrected chi connectivity index (χ1v) is 3.37. The molecule has 0 aliphatic rings. The maximum Gasteiger partial charge on any atom is 0.407 e. The van der Waals surface area contributed by atoms with Gasteiger partial charge in [0, 0.05) is 6.92 Å². The Morgan fingerprint density at radius 1 is 1.75 bits per heavy atom. The summed E-state index contributed by atoms with van der Waals surface area (Å²) >= 11 is 0. The van der Waals surface area contributed by atoms with Crippen LogP contribution in [-0.2, 0) is 4.74 Å². The van der Waals surface area contributed by atoms with Crippen molar-refractivity contribution in [1.29, 1.82) is 5.26 Å². The van der Waals surface area contributed by atoms with Crippen LogP contribution in [0, 0.1) is 23.7 Å². The summed E-state index contributed by atoms with van der Waals surface area (Å²) in [6.45, 7) is 3.75. The van der Waals surface area contributed by atoms with Crippen LogP contribution in [0.1, 0.15) is 13.8 Å². The fourth-order valence-corrected chi connectivity index (χ4v) is 0.305. The van der Waals surface area contributed by atoms with Gasteiger partial charge in [-0.3, -0.25) is 0 Å². The predicted octanol–water partition coefficient (Wildman–Crippen LogP) is 0.896. The van der Waals surface area contributed by atoms with Crippen LogP contribution in [0.15, 0.2) is 0 Å². The van der Waals surface area contributed by atoms with E-state index in [0.29, 0.717) is 6.61 Å². The number of carbonyl (C=O) groups is 1. The molecule has 0 heterocycles. The van der Waals surface area contributed by atoms with Gasteiger partial charge in [0.15, 0.2) is 0 Å². The molecule has 0 saturated heterocycles. The van der Waals surface area contributed by atoms with E-state index in [0.717, 1.165) is 0 Å². The highest BCUT2D eigenvalue weighted by Crippen LogP contribution is 1.73. The van der Waals surface area contributed by atoms with Crippen LogP contribution in [0.5, 0.6) is 0 Å². The molecule has 0 aromatic heterocycles. The van der Waals surface area contributed by atoms with E-state index in [-0.39, 0.29) is 6.54 Å². The second-order valence-electron chi connectivity index (χ2n) is 1.50. The molecule has 0 rings (SSSR count). The standard InChI is InChI=1S/C6H9NO2.C2H3N/c1-3-5-7-6(8)9-4-2;1-2-3/h1H,4-5H2,2H3,(H,7,8);1H3. The SMILES string of the molecule is C#CCNC(=O)OCC.CC#N. The van der Waals surface area contributed by atoms with Gasteiger partial charge < -0.3 is 10.1 Å². The smallest absolute Gasteiger partial charge is 0.407 e. The number of terminal acetylenes is 1. The molecule has 0 aliphatic heterocycles. The van der Waals surface area contributed by atoms with E-state index in [4.69, 9.17) is 11.7 Å². The van der Waals surface area contributed by atoms with Gasteiger partial charge in [-0.2, -0.15) is 5.26 Å². The van der Waals surface area contributed by atoms with Gasteiger partial charge in [0.25, 0.3) is 0 Å². The molecule has 12 heavy (non-hydrogen) atoms. The molecule has 0 fully saturated rings. The lowest BCUT2D eigenvalue weighted by Gasteiger charge is -1.99. The number of hydrogen-bond acceptors (Lipinski definition) is 3. The first kappa shape index (κ1) is 12.9. The predicted molar refractivity (Wildman–Crippen MR) is 45.1 cm³/mol. The maximum absolute atomic E-state index is 10.4. The van der Waals surface area contributed by atoms with Crippen LogP contribution >= 0.6 is 0 Å². The monoisotopic (exact) mass is 168 g/mol. The zero-order valence-corrected chi connectivity index (χ0v) is 7.26. The molecule has 0 aliphatic carbocycles. The van der Waals surface area contributed by atoms with Crippen molar-refractivity contribution in [2.75, 3.05) is 13.2 Å². The van der Waals surface area contributed by atoms with Crippen LogP contribution in [0.3, 0.4) is 0 Å². The van der Waals surface area contributed by atoms with Gasteiger partial charge in [-0.25, -0.2) is 4.79 Å². The molecule has 1 N–H and O–H groups in total. The topological polar surface area (TPSA) is 62.1 Å². The Morgan fingerprint density at radius 2 is 2.25 bits per heavy atom. The minimum atomic E-state index is -0.463. The maximum atomic E-state index is 10.4. The highest BCUT2D eigenvalue weighted by Gasteiger charge is 1.93. The van der Waals surface area contributed by atoms with Crippen LogP contribution in [-0.4, -0.2) is 19.2 Å². The molecule has 0 radical (unpaired) electrons. The van der Waals surface area contributed by atoms with Crippen molar-refractivity contribution in [1.82, 2.24) is 5.32 Å². The van der Waals surface area contributed by atoms with E-state index in [9.17, 15) is 4.79 Å². The normalized spacial score (nSPS) is 6.33. The van der Waals surface area contributed by atoms with Gasteiger partial charge >= 0.3 is 6.09 Å². The number of carbonyl (C=O) groups excluding carboxylic acids is 1. The number of rotatable bonds is 2. The molecular formula is C8H12N2O2. The fraction of sp³-hybridized carbons (Fsp3) is 0.500. The van der Waals surface area contributed by atoms with E-state index in [1.807, 2.05) is 0 Å². The molecule has 66 valence electrons. The molecule has 0 unspecified atom stereocenters. The van der Waals surface area contributed by atoms with Crippen LogP contribution < -0.4 is 5.32 Å². The lowest BCUT2D eigenvalue weighted by molar-refractivity contribution is 0.153. The first-order chi connectivity index (χ1) is 5.72. The number of nitrogens with zero attached hydrogens (tertiary/aromatic N) is 1. The van der Waals surface area contributed by atoms with Gasteiger partial charge in [-0.05, 0) is 6.92 Å². The number of amides is 1. The van der Waals surface area contributed by atoms with Gasteiger partial charge in [0.1, 0.15) is 0 Å². The lowest BCUT2D eigenvalue weighted by Crippen LogP contribution is -2.24. The highest BCUT2D eigenvalue weighted by atomic mass is 16.5. The largest absolute Gasteiger partial charge is 0.450 e. The molecule has 0 aromatic rings. The van der Waals surface area contributed by atoms with Crippen molar-refractivity contribution in [2.24, 2.45) is 0 Å². The number of nitrogens with one attached hydrogen (secondary N) is 1. The lowest BCUT2D eigenvalue weighted by atomic mass is 10.7. The number of ether oxygens (including phenoxy) is 1. The molecule has 4 heteroatoms.